The molecule has 0 saturated heterocycles. The Labute approximate surface area is 127 Å². The van der Waals surface area contributed by atoms with Crippen LogP contribution < -0.4 is 0 Å². The molecule has 0 radical (unpaired) electrons. The van der Waals surface area contributed by atoms with Gasteiger partial charge in [0.05, 0.1) is 5.56 Å². The fraction of sp³-hybridized carbons (Fsp3) is 0.611. The Bertz CT molecular complexity index is 466. The number of benzene rings is 1. The van der Waals surface area contributed by atoms with Crippen molar-refractivity contribution in [1.82, 2.24) is 4.90 Å². The first-order valence-electron chi connectivity index (χ1n) is 8.09. The second kappa shape index (κ2) is 7.69. The lowest BCUT2D eigenvalue weighted by Gasteiger charge is -2.34. The van der Waals surface area contributed by atoms with Gasteiger partial charge < -0.3 is 4.90 Å². The lowest BCUT2D eigenvalue weighted by Crippen LogP contribution is -2.36. The van der Waals surface area contributed by atoms with E-state index in [0.717, 1.165) is 5.92 Å². The number of rotatable bonds is 6. The molecule has 1 aromatic rings. The van der Waals surface area contributed by atoms with Crippen molar-refractivity contribution >= 4 is 5.78 Å². The van der Waals surface area contributed by atoms with E-state index in [1.807, 2.05) is 0 Å². The van der Waals surface area contributed by atoms with Gasteiger partial charge in [0.1, 0.15) is 5.82 Å². The molecule has 1 fully saturated rings. The van der Waals surface area contributed by atoms with Gasteiger partial charge in [0, 0.05) is 19.0 Å². The molecular formula is C18H26FNO. The van der Waals surface area contributed by atoms with Gasteiger partial charge in [-0.15, -0.1) is 0 Å². The van der Waals surface area contributed by atoms with E-state index < -0.39 is 5.82 Å². The number of hydrogen-bond acceptors (Lipinski definition) is 2. The third-order valence-electron chi connectivity index (χ3n) is 4.88. The Morgan fingerprint density at radius 3 is 2.52 bits per heavy atom. The monoisotopic (exact) mass is 291 g/mol. The van der Waals surface area contributed by atoms with Crippen molar-refractivity contribution in [2.45, 2.75) is 51.5 Å². The van der Waals surface area contributed by atoms with Crippen molar-refractivity contribution in [2.24, 2.45) is 5.92 Å². The van der Waals surface area contributed by atoms with Gasteiger partial charge in [-0.2, -0.15) is 0 Å². The zero-order valence-electron chi connectivity index (χ0n) is 13.1. The summed E-state index contributed by atoms with van der Waals surface area (Å²) in [5.74, 6) is 0.380. The van der Waals surface area contributed by atoms with Crippen molar-refractivity contribution in [3.8, 4) is 0 Å². The van der Waals surface area contributed by atoms with Gasteiger partial charge in [-0.25, -0.2) is 4.39 Å². The fourth-order valence-electron chi connectivity index (χ4n) is 3.28. The maximum Gasteiger partial charge on any atom is 0.167 e. The summed E-state index contributed by atoms with van der Waals surface area (Å²) < 4.78 is 13.6. The Hall–Kier alpha value is -1.22. The van der Waals surface area contributed by atoms with Crippen molar-refractivity contribution in [3.05, 3.63) is 35.6 Å². The van der Waals surface area contributed by atoms with Crippen LogP contribution >= 0.6 is 0 Å². The van der Waals surface area contributed by atoms with Gasteiger partial charge in [-0.3, -0.25) is 4.79 Å². The van der Waals surface area contributed by atoms with Crippen LogP contribution in [0.2, 0.25) is 0 Å². The van der Waals surface area contributed by atoms with Crippen LogP contribution in [0.3, 0.4) is 0 Å². The topological polar surface area (TPSA) is 20.3 Å². The molecule has 3 heteroatoms. The zero-order chi connectivity index (χ0) is 15.2. The summed E-state index contributed by atoms with van der Waals surface area (Å²) in [4.78, 5) is 14.4. The molecule has 0 spiro atoms. The Balaban J connectivity index is 1.80. The third-order valence-corrected chi connectivity index (χ3v) is 4.88. The SMILES string of the molecule is CCC1CCC(N(C)CCC(=O)c2ccccc2F)CC1. The van der Waals surface area contributed by atoms with E-state index in [9.17, 15) is 9.18 Å². The van der Waals surface area contributed by atoms with Gasteiger partial charge in [-0.05, 0) is 50.8 Å². The molecule has 21 heavy (non-hydrogen) atoms. The Kier molecular flexibility index (Phi) is 5.92. The number of nitrogens with zero attached hydrogens (tertiary/aromatic N) is 1. The molecule has 0 aromatic heterocycles. The molecule has 0 aliphatic heterocycles. The van der Waals surface area contributed by atoms with Gasteiger partial charge in [-0.1, -0.05) is 25.5 Å². The second-order valence-electron chi connectivity index (χ2n) is 6.22. The van der Waals surface area contributed by atoms with Gasteiger partial charge in [0.25, 0.3) is 0 Å². The molecule has 1 aliphatic rings. The minimum atomic E-state index is -0.409. The normalized spacial score (nSPS) is 22.5. The standard InChI is InChI=1S/C18H26FNO/c1-3-14-8-10-15(11-9-14)20(2)13-12-18(21)16-6-4-5-7-17(16)19/h4-7,14-15H,3,8-13H2,1-2H3. The number of ketones is 1. The van der Waals surface area contributed by atoms with E-state index in [4.69, 9.17) is 0 Å². The molecule has 0 N–H and O–H groups in total. The van der Waals surface area contributed by atoms with Crippen LogP contribution in [0.15, 0.2) is 24.3 Å². The summed E-state index contributed by atoms with van der Waals surface area (Å²) in [5, 5.41) is 0. The van der Waals surface area contributed by atoms with E-state index in [0.29, 0.717) is 19.0 Å². The van der Waals surface area contributed by atoms with E-state index in [2.05, 4.69) is 18.9 Å². The highest BCUT2D eigenvalue weighted by atomic mass is 19.1. The summed E-state index contributed by atoms with van der Waals surface area (Å²) in [6.07, 6.45) is 6.72. The fourth-order valence-corrected chi connectivity index (χ4v) is 3.28. The smallest absolute Gasteiger partial charge is 0.167 e. The molecule has 0 heterocycles. The van der Waals surface area contributed by atoms with Crippen molar-refractivity contribution < 1.29 is 9.18 Å². The number of hydrogen-bond donors (Lipinski definition) is 0. The van der Waals surface area contributed by atoms with Gasteiger partial charge in [0.2, 0.25) is 0 Å². The van der Waals surface area contributed by atoms with Crippen LogP contribution in [-0.4, -0.2) is 30.3 Å². The lowest BCUT2D eigenvalue weighted by atomic mass is 9.84. The quantitative estimate of drug-likeness (QED) is 0.728. The molecule has 116 valence electrons. The van der Waals surface area contributed by atoms with Crippen LogP contribution in [0.5, 0.6) is 0 Å². The maximum absolute atomic E-state index is 13.6. The van der Waals surface area contributed by atoms with Crippen LogP contribution in [0.1, 0.15) is 55.8 Å². The predicted octanol–water partition coefficient (Wildman–Crippen LogP) is 4.30. The van der Waals surface area contributed by atoms with Crippen molar-refractivity contribution in [3.63, 3.8) is 0 Å². The van der Waals surface area contributed by atoms with E-state index in [1.54, 1.807) is 18.2 Å². The summed E-state index contributed by atoms with van der Waals surface area (Å²) >= 11 is 0. The molecule has 2 nitrogen and oxygen atoms in total. The average Bonchev–Trinajstić information content (AvgIpc) is 2.52. The van der Waals surface area contributed by atoms with Crippen LogP contribution in [0.4, 0.5) is 4.39 Å². The minimum Gasteiger partial charge on any atom is -0.303 e. The number of halogens is 1. The van der Waals surface area contributed by atoms with Crippen molar-refractivity contribution in [1.29, 1.82) is 0 Å². The molecule has 1 aromatic carbocycles. The summed E-state index contributed by atoms with van der Waals surface area (Å²) in [5.41, 5.74) is 0.223. The van der Waals surface area contributed by atoms with E-state index in [-0.39, 0.29) is 11.3 Å². The average molecular weight is 291 g/mol. The Morgan fingerprint density at radius 2 is 1.90 bits per heavy atom. The predicted molar refractivity (Wildman–Crippen MR) is 84.0 cm³/mol. The van der Waals surface area contributed by atoms with Crippen LogP contribution in [0.25, 0.3) is 0 Å². The molecule has 0 bridgehead atoms. The highest BCUT2D eigenvalue weighted by molar-refractivity contribution is 5.96. The first-order valence-corrected chi connectivity index (χ1v) is 8.09. The molecule has 2 rings (SSSR count). The zero-order valence-corrected chi connectivity index (χ0v) is 13.1. The minimum absolute atomic E-state index is 0.0952. The molecular weight excluding hydrogens is 265 g/mol. The highest BCUT2D eigenvalue weighted by Gasteiger charge is 2.23. The summed E-state index contributed by atoms with van der Waals surface area (Å²) in [7, 11) is 2.09. The Morgan fingerprint density at radius 1 is 1.24 bits per heavy atom. The number of Topliss-reactive ketones (excluding diaryl/α,β-unsaturated/α-hetero) is 1. The molecule has 1 aliphatic carbocycles. The third kappa shape index (κ3) is 4.37. The van der Waals surface area contributed by atoms with Crippen LogP contribution in [0, 0.1) is 11.7 Å². The van der Waals surface area contributed by atoms with Gasteiger partial charge in [0.15, 0.2) is 5.78 Å². The molecule has 1 saturated carbocycles. The van der Waals surface area contributed by atoms with E-state index >= 15 is 0 Å². The highest BCUT2D eigenvalue weighted by Crippen LogP contribution is 2.29. The maximum atomic E-state index is 13.6. The molecule has 0 unspecified atom stereocenters. The first-order chi connectivity index (χ1) is 10.1. The number of carbonyl (C=O) groups is 1. The van der Waals surface area contributed by atoms with Crippen LogP contribution in [-0.2, 0) is 0 Å². The summed E-state index contributed by atoms with van der Waals surface area (Å²) in [6.45, 7) is 2.98. The van der Waals surface area contributed by atoms with E-state index in [1.165, 1.54) is 38.2 Å². The van der Waals surface area contributed by atoms with Gasteiger partial charge >= 0.3 is 0 Å². The summed E-state index contributed by atoms with van der Waals surface area (Å²) in [6, 6.07) is 6.84. The lowest BCUT2D eigenvalue weighted by molar-refractivity contribution is 0.0942. The molecule has 0 atom stereocenters. The second-order valence-corrected chi connectivity index (χ2v) is 6.22. The number of carbonyl (C=O) groups excluding carboxylic acids is 1. The first kappa shape index (κ1) is 16.2. The van der Waals surface area contributed by atoms with Crippen molar-refractivity contribution in [2.75, 3.05) is 13.6 Å². The molecule has 0 amide bonds. The largest absolute Gasteiger partial charge is 0.303 e.